The van der Waals surface area contributed by atoms with E-state index >= 15 is 0 Å². The fourth-order valence-corrected chi connectivity index (χ4v) is 1.27. The van der Waals surface area contributed by atoms with Crippen LogP contribution in [0.2, 0.25) is 0 Å². The number of carboxylic acid groups (broad SMARTS) is 3. The molecule has 2 unspecified atom stereocenters. The summed E-state index contributed by atoms with van der Waals surface area (Å²) in [5, 5.41) is 42.4. The van der Waals surface area contributed by atoms with Crippen molar-refractivity contribution in [1.29, 1.82) is 0 Å². The van der Waals surface area contributed by atoms with Gasteiger partial charge in [0.25, 0.3) is 0 Å². The molecule has 156 valence electrons. The van der Waals surface area contributed by atoms with Gasteiger partial charge < -0.3 is 49.7 Å². The summed E-state index contributed by atoms with van der Waals surface area (Å²) in [4.78, 5) is 40.5. The number of aliphatic carboxylic acids is 3. The SMILES string of the molecule is CC(=O)[OH2+].C[NH+](CCO)CC(=O)[O-].C[NH+](CCOCC(=O)O)CC(=O)[O-].[HH]. The lowest BCUT2D eigenvalue weighted by Crippen LogP contribution is -3.11. The van der Waals surface area contributed by atoms with Crippen molar-refractivity contribution in [2.45, 2.75) is 6.92 Å². The highest BCUT2D eigenvalue weighted by atomic mass is 16.5. The van der Waals surface area contributed by atoms with Gasteiger partial charge in [-0.25, -0.2) is 4.79 Å². The minimum absolute atomic E-state index is 0. The number of hydrogen-bond acceptors (Lipinski definition) is 8. The molecular formula is C14H31N2O10+. The van der Waals surface area contributed by atoms with Crippen LogP contribution in [0, 0.1) is 0 Å². The Hall–Kier alpha value is -2.28. The van der Waals surface area contributed by atoms with Crippen molar-refractivity contribution < 1.29 is 60.7 Å². The van der Waals surface area contributed by atoms with Gasteiger partial charge in [0.2, 0.25) is 0 Å². The Morgan fingerprint density at radius 3 is 1.73 bits per heavy atom. The van der Waals surface area contributed by atoms with E-state index in [1.807, 2.05) is 0 Å². The van der Waals surface area contributed by atoms with Gasteiger partial charge in [0.05, 0.1) is 46.2 Å². The Kier molecular flexibility index (Phi) is 20.9. The van der Waals surface area contributed by atoms with Gasteiger partial charge in [-0.15, -0.1) is 0 Å². The fourth-order valence-electron chi connectivity index (χ4n) is 1.27. The van der Waals surface area contributed by atoms with Crippen LogP contribution in [-0.4, -0.2) is 99.3 Å². The van der Waals surface area contributed by atoms with Crippen molar-refractivity contribution in [3.05, 3.63) is 0 Å². The van der Waals surface area contributed by atoms with E-state index in [9.17, 15) is 24.6 Å². The maximum atomic E-state index is 10.1. The molecule has 6 N–H and O–H groups in total. The third-order valence-corrected chi connectivity index (χ3v) is 2.33. The van der Waals surface area contributed by atoms with Crippen LogP contribution in [0.4, 0.5) is 0 Å². The number of nitrogens with one attached hydrogen (secondary N) is 2. The van der Waals surface area contributed by atoms with E-state index in [-0.39, 0.29) is 34.3 Å². The molecule has 0 bridgehead atoms. The number of ether oxygens (including phenoxy) is 1. The van der Waals surface area contributed by atoms with Crippen molar-refractivity contribution in [2.24, 2.45) is 0 Å². The Labute approximate surface area is 152 Å². The Bertz CT molecular complexity index is 419. The predicted octanol–water partition coefficient (Wildman–Crippen LogP) is -7.90. The molecule has 0 aliphatic heterocycles. The first kappa shape index (κ1) is 28.5. The molecule has 0 aromatic heterocycles. The lowest BCUT2D eigenvalue weighted by molar-refractivity contribution is -0.874. The average Bonchev–Trinajstić information content (AvgIpc) is 2.42. The van der Waals surface area contributed by atoms with Crippen LogP contribution < -0.4 is 20.0 Å². The van der Waals surface area contributed by atoms with Crippen LogP contribution in [0.3, 0.4) is 0 Å². The maximum absolute atomic E-state index is 10.1. The summed E-state index contributed by atoms with van der Waals surface area (Å²) in [5.41, 5.74) is 0. The number of quaternary nitrogens is 2. The van der Waals surface area contributed by atoms with Crippen molar-refractivity contribution in [1.82, 2.24) is 0 Å². The molecule has 0 aromatic carbocycles. The molecule has 0 aromatic rings. The smallest absolute Gasteiger partial charge is 0.512 e. The molecule has 0 saturated heterocycles. The zero-order valence-electron chi connectivity index (χ0n) is 15.2. The number of carboxylic acids is 3. The van der Waals surface area contributed by atoms with Crippen molar-refractivity contribution in [3.8, 4) is 0 Å². The Morgan fingerprint density at radius 1 is 1.04 bits per heavy atom. The molecule has 0 heterocycles. The highest BCUT2D eigenvalue weighted by Gasteiger charge is 2.02. The molecule has 0 rings (SSSR count). The van der Waals surface area contributed by atoms with Gasteiger partial charge in [-0.05, 0) is 0 Å². The normalized spacial score (nSPS) is 11.7. The quantitative estimate of drug-likeness (QED) is 0.196. The van der Waals surface area contributed by atoms with Gasteiger partial charge in [-0.3, -0.25) is 0 Å². The Balaban J connectivity index is -0.000000165. The highest BCUT2D eigenvalue weighted by molar-refractivity contribution is 5.68. The minimum Gasteiger partial charge on any atom is -0.565 e. The van der Waals surface area contributed by atoms with E-state index in [1.165, 1.54) is 6.92 Å². The number of rotatable bonds is 11. The number of carbonyl (C=O) groups is 4. The second-order valence-electron chi connectivity index (χ2n) is 5.24. The van der Waals surface area contributed by atoms with Gasteiger partial charge >= 0.3 is 11.9 Å². The zero-order valence-corrected chi connectivity index (χ0v) is 15.2. The summed E-state index contributed by atoms with van der Waals surface area (Å²) in [5.74, 6) is -3.82. The third kappa shape index (κ3) is 37.7. The summed E-state index contributed by atoms with van der Waals surface area (Å²) in [6.07, 6.45) is 0. The maximum Gasteiger partial charge on any atom is 0.512 e. The summed E-state index contributed by atoms with van der Waals surface area (Å²) < 4.78 is 4.71. The lowest BCUT2D eigenvalue weighted by atomic mass is 10.5. The number of aliphatic hydroxyl groups excluding tert-OH is 1. The topological polar surface area (TPSA) is 196 Å². The lowest BCUT2D eigenvalue weighted by Gasteiger charge is -2.13. The number of likely N-dealkylation sites (N-methyl/N-ethyl adjacent to an activating group) is 2. The van der Waals surface area contributed by atoms with Gasteiger partial charge in [0.1, 0.15) is 32.8 Å². The number of carbonyl (C=O) groups excluding carboxylic acids is 3. The molecule has 0 fully saturated rings. The Morgan fingerprint density at radius 2 is 1.42 bits per heavy atom. The van der Waals surface area contributed by atoms with E-state index in [0.717, 1.165) is 4.90 Å². The monoisotopic (exact) mass is 387 g/mol. The second-order valence-corrected chi connectivity index (χ2v) is 5.24. The predicted molar refractivity (Wildman–Crippen MR) is 85.2 cm³/mol. The second kappa shape index (κ2) is 19.1. The first-order valence-corrected chi connectivity index (χ1v) is 7.57. The van der Waals surface area contributed by atoms with Crippen LogP contribution in [0.15, 0.2) is 0 Å². The summed E-state index contributed by atoms with van der Waals surface area (Å²) in [6, 6.07) is 0. The molecule has 0 radical (unpaired) electrons. The van der Waals surface area contributed by atoms with Crippen LogP contribution in [0.1, 0.15) is 8.35 Å². The molecular weight excluding hydrogens is 356 g/mol. The average molecular weight is 387 g/mol. The van der Waals surface area contributed by atoms with Gasteiger partial charge in [-0.1, -0.05) is 0 Å². The first-order valence-electron chi connectivity index (χ1n) is 7.57. The number of hydrogen-bond donors (Lipinski definition) is 4. The minimum atomic E-state index is -1.13. The summed E-state index contributed by atoms with van der Waals surface area (Å²) in [7, 11) is 3.35. The largest absolute Gasteiger partial charge is 0.565 e. The molecule has 0 aliphatic carbocycles. The van der Waals surface area contributed by atoms with Crippen molar-refractivity contribution in [2.75, 3.05) is 60.1 Å². The first-order chi connectivity index (χ1) is 11.9. The molecule has 0 amide bonds. The third-order valence-electron chi connectivity index (χ3n) is 2.33. The molecule has 12 heteroatoms. The molecule has 0 saturated carbocycles. The zero-order chi connectivity index (χ0) is 21.1. The molecule has 0 spiro atoms. The van der Waals surface area contributed by atoms with Crippen molar-refractivity contribution in [3.63, 3.8) is 0 Å². The standard InChI is InChI=1S/C7H13NO5.C5H11NO3.C2H4O2.H2/c1-8(4-6(9)10)2-3-13-5-7(11)12;1-6(2-3-7)4-5(8)9;1-2(3)4;/h2-5H2,1H3,(H,9,10)(H,11,12);7H,2-4H2,1H3,(H,8,9);1H3,(H,3,4);1H/p+1. The van der Waals surface area contributed by atoms with E-state index < -0.39 is 23.9 Å². The van der Waals surface area contributed by atoms with Crippen LogP contribution in [0.25, 0.3) is 0 Å². The molecule has 12 nitrogen and oxygen atoms in total. The highest BCUT2D eigenvalue weighted by Crippen LogP contribution is 1.70. The van der Waals surface area contributed by atoms with Crippen molar-refractivity contribution >= 4 is 23.9 Å². The van der Waals surface area contributed by atoms with Gasteiger partial charge in [0.15, 0.2) is 0 Å². The van der Waals surface area contributed by atoms with Crippen LogP contribution >= 0.6 is 0 Å². The van der Waals surface area contributed by atoms with E-state index in [4.69, 9.17) is 24.9 Å². The van der Waals surface area contributed by atoms with Gasteiger partial charge in [-0.2, -0.15) is 0 Å². The van der Waals surface area contributed by atoms with Crippen LogP contribution in [0.5, 0.6) is 0 Å². The molecule has 0 aliphatic rings. The van der Waals surface area contributed by atoms with Gasteiger partial charge in [0, 0.05) is 6.22 Å². The number of aliphatic hydroxyl groups is 1. The van der Waals surface area contributed by atoms with E-state index in [2.05, 4.69) is 0 Å². The fraction of sp³-hybridized carbons (Fsp3) is 0.714. The summed E-state index contributed by atoms with van der Waals surface area (Å²) in [6.45, 7) is 1.84. The van der Waals surface area contributed by atoms with E-state index in [1.54, 1.807) is 14.1 Å². The van der Waals surface area contributed by atoms with E-state index in [0.29, 0.717) is 18.0 Å². The molecule has 26 heavy (non-hydrogen) atoms. The molecule has 2 atom stereocenters. The summed E-state index contributed by atoms with van der Waals surface area (Å²) >= 11 is 0. The van der Waals surface area contributed by atoms with Crippen LogP contribution in [-0.2, 0) is 23.9 Å².